The quantitative estimate of drug-likeness (QED) is 0.437. The monoisotopic (exact) mass is 180 g/mol. The molecule has 0 aromatic carbocycles. The average Bonchev–Trinajstić information content (AvgIpc) is 2.02. The SMILES string of the molecule is FC(F)(F)N=NC1CCCCC1. The highest BCUT2D eigenvalue weighted by Crippen LogP contribution is 2.23. The van der Waals surface area contributed by atoms with Crippen LogP contribution < -0.4 is 0 Å². The Kier molecular flexibility index (Phi) is 3.05. The fourth-order valence-electron chi connectivity index (χ4n) is 1.34. The third-order valence-electron chi connectivity index (χ3n) is 1.91. The highest BCUT2D eigenvalue weighted by atomic mass is 19.4. The molecule has 0 aliphatic heterocycles. The van der Waals surface area contributed by atoms with Crippen LogP contribution in [0.1, 0.15) is 32.1 Å². The molecular weight excluding hydrogens is 169 g/mol. The van der Waals surface area contributed by atoms with Gasteiger partial charge in [-0.25, -0.2) is 0 Å². The zero-order valence-corrected chi connectivity index (χ0v) is 6.64. The van der Waals surface area contributed by atoms with Gasteiger partial charge in [-0.05, 0) is 12.8 Å². The van der Waals surface area contributed by atoms with Gasteiger partial charge in [0.15, 0.2) is 0 Å². The van der Waals surface area contributed by atoms with Crippen LogP contribution in [0.3, 0.4) is 0 Å². The summed E-state index contributed by atoms with van der Waals surface area (Å²) in [5.41, 5.74) is 0. The Morgan fingerprint density at radius 3 is 2.08 bits per heavy atom. The van der Waals surface area contributed by atoms with Crippen molar-refractivity contribution in [1.82, 2.24) is 0 Å². The molecule has 0 amide bonds. The van der Waals surface area contributed by atoms with Gasteiger partial charge in [0, 0.05) is 0 Å². The summed E-state index contributed by atoms with van der Waals surface area (Å²) < 4.78 is 34.7. The zero-order valence-electron chi connectivity index (χ0n) is 6.64. The minimum absolute atomic E-state index is 0.194. The Morgan fingerprint density at radius 1 is 1.00 bits per heavy atom. The highest BCUT2D eigenvalue weighted by Gasteiger charge is 2.27. The molecule has 0 aromatic rings. The lowest BCUT2D eigenvalue weighted by Gasteiger charge is -2.15. The molecule has 0 atom stereocenters. The molecule has 0 spiro atoms. The van der Waals surface area contributed by atoms with Crippen molar-refractivity contribution in [1.29, 1.82) is 0 Å². The van der Waals surface area contributed by atoms with Crippen LogP contribution in [0.2, 0.25) is 0 Å². The van der Waals surface area contributed by atoms with Crippen LogP contribution in [-0.4, -0.2) is 12.3 Å². The molecule has 2 nitrogen and oxygen atoms in total. The highest BCUT2D eigenvalue weighted by molar-refractivity contribution is 4.69. The number of azo groups is 1. The molecule has 0 heterocycles. The van der Waals surface area contributed by atoms with Crippen molar-refractivity contribution in [3.8, 4) is 0 Å². The van der Waals surface area contributed by atoms with Crippen LogP contribution in [0, 0.1) is 0 Å². The number of hydrogen-bond acceptors (Lipinski definition) is 2. The van der Waals surface area contributed by atoms with Crippen LogP contribution in [0.15, 0.2) is 10.2 Å². The maximum absolute atomic E-state index is 11.6. The number of rotatable bonds is 1. The van der Waals surface area contributed by atoms with E-state index in [9.17, 15) is 13.2 Å². The van der Waals surface area contributed by atoms with Gasteiger partial charge < -0.3 is 0 Å². The second-order valence-corrected chi connectivity index (χ2v) is 2.98. The third kappa shape index (κ3) is 3.69. The first-order valence-corrected chi connectivity index (χ1v) is 4.07. The standard InChI is InChI=1S/C7H11F3N2/c8-7(9,10)12-11-6-4-2-1-3-5-6/h6H,1-5H2. The van der Waals surface area contributed by atoms with E-state index in [1.165, 1.54) is 0 Å². The van der Waals surface area contributed by atoms with Crippen molar-refractivity contribution >= 4 is 0 Å². The summed E-state index contributed by atoms with van der Waals surface area (Å²) in [4.78, 5) is 0. The Bertz CT molecular complexity index is 159. The van der Waals surface area contributed by atoms with E-state index in [1.807, 2.05) is 0 Å². The Hall–Kier alpha value is -0.610. The van der Waals surface area contributed by atoms with Crippen molar-refractivity contribution in [3.05, 3.63) is 0 Å². The summed E-state index contributed by atoms with van der Waals surface area (Å²) in [6.45, 7) is 0. The summed E-state index contributed by atoms with van der Waals surface area (Å²) >= 11 is 0. The lowest BCUT2D eigenvalue weighted by atomic mass is 9.96. The minimum Gasteiger partial charge on any atom is -0.182 e. The molecule has 70 valence electrons. The molecule has 1 fully saturated rings. The summed E-state index contributed by atoms with van der Waals surface area (Å²) in [5, 5.41) is 5.56. The van der Waals surface area contributed by atoms with Crippen molar-refractivity contribution in [2.45, 2.75) is 44.4 Å². The van der Waals surface area contributed by atoms with Crippen molar-refractivity contribution in [2.75, 3.05) is 0 Å². The smallest absolute Gasteiger partial charge is 0.182 e. The van der Waals surface area contributed by atoms with Gasteiger partial charge in [0.25, 0.3) is 0 Å². The lowest BCUT2D eigenvalue weighted by Crippen LogP contribution is -2.10. The summed E-state index contributed by atoms with van der Waals surface area (Å²) in [5.74, 6) is 0. The number of nitrogens with zero attached hydrogens (tertiary/aromatic N) is 2. The number of halogens is 3. The van der Waals surface area contributed by atoms with E-state index in [-0.39, 0.29) is 6.04 Å². The van der Waals surface area contributed by atoms with E-state index in [4.69, 9.17) is 0 Å². The van der Waals surface area contributed by atoms with E-state index in [2.05, 4.69) is 10.2 Å². The summed E-state index contributed by atoms with van der Waals surface area (Å²) in [6, 6.07) is -0.194. The van der Waals surface area contributed by atoms with Crippen LogP contribution in [-0.2, 0) is 0 Å². The molecule has 0 N–H and O–H groups in total. The maximum Gasteiger partial charge on any atom is 0.520 e. The largest absolute Gasteiger partial charge is 0.520 e. The molecular formula is C7H11F3N2. The van der Waals surface area contributed by atoms with Gasteiger partial charge in [0.2, 0.25) is 0 Å². The second-order valence-electron chi connectivity index (χ2n) is 2.98. The molecule has 1 saturated carbocycles. The Morgan fingerprint density at radius 2 is 1.58 bits per heavy atom. The van der Waals surface area contributed by atoms with Crippen LogP contribution >= 0.6 is 0 Å². The summed E-state index contributed by atoms with van der Waals surface area (Å²) in [7, 11) is 0. The van der Waals surface area contributed by atoms with Crippen molar-refractivity contribution < 1.29 is 13.2 Å². The van der Waals surface area contributed by atoms with E-state index in [1.54, 1.807) is 0 Å². The first kappa shape index (κ1) is 9.48. The molecule has 0 saturated heterocycles. The number of alkyl halides is 3. The fraction of sp³-hybridized carbons (Fsp3) is 1.00. The first-order chi connectivity index (χ1) is 5.58. The van der Waals surface area contributed by atoms with E-state index >= 15 is 0 Å². The van der Waals surface area contributed by atoms with Crippen LogP contribution in [0.25, 0.3) is 0 Å². The molecule has 0 unspecified atom stereocenters. The first-order valence-electron chi connectivity index (χ1n) is 4.07. The van der Waals surface area contributed by atoms with Gasteiger partial charge in [-0.2, -0.15) is 5.11 Å². The van der Waals surface area contributed by atoms with Crippen molar-refractivity contribution in [2.24, 2.45) is 10.2 Å². The fourth-order valence-corrected chi connectivity index (χ4v) is 1.34. The molecule has 0 aromatic heterocycles. The van der Waals surface area contributed by atoms with Gasteiger partial charge in [0.1, 0.15) is 0 Å². The topological polar surface area (TPSA) is 24.7 Å². The van der Waals surface area contributed by atoms with Gasteiger partial charge in [-0.1, -0.05) is 24.4 Å². The predicted octanol–water partition coefficient (Wildman–Crippen LogP) is 3.29. The van der Waals surface area contributed by atoms with Gasteiger partial charge in [0.05, 0.1) is 6.04 Å². The second kappa shape index (κ2) is 3.87. The average molecular weight is 180 g/mol. The van der Waals surface area contributed by atoms with Gasteiger partial charge in [-0.15, -0.1) is 13.2 Å². The zero-order chi connectivity index (χ0) is 9.03. The molecule has 1 rings (SSSR count). The van der Waals surface area contributed by atoms with E-state index in [0.717, 1.165) is 32.1 Å². The molecule has 5 heteroatoms. The Balaban J connectivity index is 2.33. The molecule has 1 aliphatic rings. The van der Waals surface area contributed by atoms with E-state index < -0.39 is 6.30 Å². The lowest BCUT2D eigenvalue weighted by molar-refractivity contribution is -0.127. The molecule has 12 heavy (non-hydrogen) atoms. The summed E-state index contributed by atoms with van der Waals surface area (Å²) in [6.07, 6.45) is 0.0672. The predicted molar refractivity (Wildman–Crippen MR) is 37.8 cm³/mol. The van der Waals surface area contributed by atoms with Crippen LogP contribution in [0.5, 0.6) is 0 Å². The van der Waals surface area contributed by atoms with Crippen molar-refractivity contribution in [3.63, 3.8) is 0 Å². The minimum atomic E-state index is -4.49. The molecule has 0 bridgehead atoms. The van der Waals surface area contributed by atoms with Crippen LogP contribution in [0.4, 0.5) is 13.2 Å². The third-order valence-corrected chi connectivity index (χ3v) is 1.91. The maximum atomic E-state index is 11.6. The number of hydrogen-bond donors (Lipinski definition) is 0. The van der Waals surface area contributed by atoms with E-state index in [0.29, 0.717) is 0 Å². The Labute approximate surface area is 68.9 Å². The van der Waals surface area contributed by atoms with Gasteiger partial charge in [-0.3, -0.25) is 0 Å². The normalized spacial score (nSPS) is 21.9. The molecule has 0 radical (unpaired) electrons. The molecule has 1 aliphatic carbocycles. The van der Waals surface area contributed by atoms with Gasteiger partial charge >= 0.3 is 6.30 Å².